The first-order valence-corrected chi connectivity index (χ1v) is 8.74. The second-order valence-corrected chi connectivity index (χ2v) is 6.89. The van der Waals surface area contributed by atoms with Gasteiger partial charge in [-0.25, -0.2) is 0 Å². The van der Waals surface area contributed by atoms with Crippen LogP contribution in [0.5, 0.6) is 5.75 Å². The number of carbonyl (C=O) groups is 2. The molecule has 2 aromatic rings. The lowest BCUT2D eigenvalue weighted by Gasteiger charge is -2.24. The number of hydrogen-bond acceptors (Lipinski definition) is 3. The molecule has 2 amide bonds. The largest absolute Gasteiger partial charge is 0.508 e. The number of amides is 2. The van der Waals surface area contributed by atoms with Crippen LogP contribution in [0.3, 0.4) is 0 Å². The molecule has 0 saturated carbocycles. The van der Waals surface area contributed by atoms with E-state index in [1.54, 1.807) is 30.3 Å². The maximum Gasteiger partial charge on any atom is 0.251 e. The lowest BCUT2D eigenvalue weighted by Crippen LogP contribution is -2.50. The van der Waals surface area contributed by atoms with Crippen molar-refractivity contribution in [3.8, 4) is 5.75 Å². The van der Waals surface area contributed by atoms with Crippen molar-refractivity contribution in [3.63, 3.8) is 0 Å². The Hall–Kier alpha value is -2.82. The Morgan fingerprint density at radius 1 is 0.962 bits per heavy atom. The normalized spacial score (nSPS) is 13.1. The highest BCUT2D eigenvalue weighted by molar-refractivity contribution is 5.97. The van der Waals surface area contributed by atoms with Crippen molar-refractivity contribution in [2.45, 2.75) is 39.8 Å². The van der Waals surface area contributed by atoms with Crippen molar-refractivity contribution >= 4 is 11.8 Å². The van der Waals surface area contributed by atoms with E-state index in [0.29, 0.717) is 5.56 Å². The Kier molecular flexibility index (Phi) is 6.39. The minimum atomic E-state index is -0.650. The van der Waals surface area contributed by atoms with Crippen molar-refractivity contribution in [2.75, 3.05) is 0 Å². The van der Waals surface area contributed by atoms with Crippen LogP contribution < -0.4 is 10.6 Å². The molecular weight excluding hydrogens is 328 g/mol. The molecule has 2 atom stereocenters. The fourth-order valence-corrected chi connectivity index (χ4v) is 2.73. The molecule has 0 heterocycles. The van der Waals surface area contributed by atoms with Gasteiger partial charge in [0, 0.05) is 5.56 Å². The van der Waals surface area contributed by atoms with Crippen LogP contribution in [0.4, 0.5) is 0 Å². The molecule has 0 bridgehead atoms. The molecule has 0 radical (unpaired) electrons. The molecule has 0 aliphatic heterocycles. The second kappa shape index (κ2) is 8.52. The molecule has 2 rings (SSSR count). The van der Waals surface area contributed by atoms with Gasteiger partial charge in [0.05, 0.1) is 6.04 Å². The van der Waals surface area contributed by atoms with Crippen LogP contribution in [-0.2, 0) is 4.79 Å². The summed E-state index contributed by atoms with van der Waals surface area (Å²) in [5.41, 5.74) is 2.32. The number of rotatable bonds is 6. The molecule has 2 unspecified atom stereocenters. The van der Waals surface area contributed by atoms with E-state index in [9.17, 15) is 14.7 Å². The summed E-state index contributed by atoms with van der Waals surface area (Å²) < 4.78 is 0. The van der Waals surface area contributed by atoms with Crippen LogP contribution in [0.25, 0.3) is 0 Å². The van der Waals surface area contributed by atoms with E-state index in [1.807, 2.05) is 45.9 Å². The number of aryl methyl sites for hydroxylation is 1. The van der Waals surface area contributed by atoms with Crippen molar-refractivity contribution in [1.29, 1.82) is 0 Å². The number of phenolic OH excluding ortho intramolecular Hbond substituents is 1. The van der Waals surface area contributed by atoms with Gasteiger partial charge in [-0.05, 0) is 49.6 Å². The van der Waals surface area contributed by atoms with Crippen molar-refractivity contribution in [1.82, 2.24) is 10.6 Å². The van der Waals surface area contributed by atoms with Gasteiger partial charge in [0.1, 0.15) is 11.8 Å². The molecular formula is C21H26N2O3. The second-order valence-electron chi connectivity index (χ2n) is 6.89. The van der Waals surface area contributed by atoms with E-state index in [1.165, 1.54) is 0 Å². The first-order valence-electron chi connectivity index (χ1n) is 8.74. The highest BCUT2D eigenvalue weighted by Gasteiger charge is 2.26. The van der Waals surface area contributed by atoms with E-state index in [-0.39, 0.29) is 29.5 Å². The molecule has 0 fully saturated rings. The molecule has 2 aromatic carbocycles. The van der Waals surface area contributed by atoms with Crippen LogP contribution in [0.15, 0.2) is 48.5 Å². The predicted octanol–water partition coefficient (Wildman–Crippen LogP) is 3.33. The molecule has 0 aromatic heterocycles. The van der Waals surface area contributed by atoms with Crippen molar-refractivity contribution < 1.29 is 14.7 Å². The lowest BCUT2D eigenvalue weighted by atomic mass is 10.0. The summed E-state index contributed by atoms with van der Waals surface area (Å²) in [4.78, 5) is 25.2. The standard InChI is InChI=1S/C21H26N2O3/c1-13(2)19(23-20(25)17-9-5-7-14(3)11-17)21(26)22-15(4)16-8-6-10-18(24)12-16/h5-13,15,19,24H,1-4H3,(H,22,26)(H,23,25). The van der Waals surface area contributed by atoms with E-state index in [0.717, 1.165) is 11.1 Å². The Morgan fingerprint density at radius 3 is 2.27 bits per heavy atom. The first kappa shape index (κ1) is 19.5. The van der Waals surface area contributed by atoms with Gasteiger partial charge in [-0.3, -0.25) is 9.59 Å². The van der Waals surface area contributed by atoms with Gasteiger partial charge in [-0.15, -0.1) is 0 Å². The zero-order chi connectivity index (χ0) is 19.3. The molecule has 3 N–H and O–H groups in total. The van der Waals surface area contributed by atoms with Crippen LogP contribution in [0, 0.1) is 12.8 Å². The molecule has 0 saturated heterocycles. The molecule has 0 spiro atoms. The predicted molar refractivity (Wildman–Crippen MR) is 102 cm³/mol. The SMILES string of the molecule is Cc1cccc(C(=O)NC(C(=O)NC(C)c2cccc(O)c2)C(C)C)c1. The highest BCUT2D eigenvalue weighted by atomic mass is 16.3. The van der Waals surface area contributed by atoms with Gasteiger partial charge in [0.2, 0.25) is 5.91 Å². The molecule has 138 valence electrons. The number of carbonyl (C=O) groups excluding carboxylic acids is 2. The summed E-state index contributed by atoms with van der Waals surface area (Å²) in [6, 6.07) is 13.1. The van der Waals surface area contributed by atoms with Gasteiger partial charge >= 0.3 is 0 Å². The number of phenols is 1. The van der Waals surface area contributed by atoms with E-state index in [2.05, 4.69) is 10.6 Å². The number of nitrogens with one attached hydrogen (secondary N) is 2. The molecule has 0 aliphatic rings. The minimum Gasteiger partial charge on any atom is -0.508 e. The third-order valence-corrected chi connectivity index (χ3v) is 4.24. The summed E-state index contributed by atoms with van der Waals surface area (Å²) in [6.07, 6.45) is 0. The average molecular weight is 354 g/mol. The molecule has 0 aliphatic carbocycles. The number of hydrogen-bond donors (Lipinski definition) is 3. The smallest absolute Gasteiger partial charge is 0.251 e. The summed E-state index contributed by atoms with van der Waals surface area (Å²) in [5.74, 6) is -0.443. The third-order valence-electron chi connectivity index (χ3n) is 4.24. The summed E-state index contributed by atoms with van der Waals surface area (Å²) in [5, 5.41) is 15.3. The quantitative estimate of drug-likeness (QED) is 0.744. The zero-order valence-corrected chi connectivity index (χ0v) is 15.6. The first-order chi connectivity index (χ1) is 12.3. The Labute approximate surface area is 154 Å². The van der Waals surface area contributed by atoms with Crippen molar-refractivity contribution in [2.24, 2.45) is 5.92 Å². The third kappa shape index (κ3) is 5.09. The van der Waals surface area contributed by atoms with E-state index < -0.39 is 6.04 Å². The molecule has 26 heavy (non-hydrogen) atoms. The number of aromatic hydroxyl groups is 1. The maximum absolute atomic E-state index is 12.7. The number of benzene rings is 2. The summed E-state index contributed by atoms with van der Waals surface area (Å²) in [7, 11) is 0. The van der Waals surface area contributed by atoms with Gasteiger partial charge in [0.15, 0.2) is 0 Å². The van der Waals surface area contributed by atoms with Gasteiger partial charge < -0.3 is 15.7 Å². The topological polar surface area (TPSA) is 78.4 Å². The summed E-state index contributed by atoms with van der Waals surface area (Å²) >= 11 is 0. The molecule has 5 nitrogen and oxygen atoms in total. The van der Waals surface area contributed by atoms with Gasteiger partial charge in [-0.1, -0.05) is 43.7 Å². The van der Waals surface area contributed by atoms with Gasteiger partial charge in [-0.2, -0.15) is 0 Å². The van der Waals surface area contributed by atoms with Gasteiger partial charge in [0.25, 0.3) is 5.91 Å². The maximum atomic E-state index is 12.7. The van der Waals surface area contributed by atoms with Crippen LogP contribution in [0.1, 0.15) is 48.3 Å². The van der Waals surface area contributed by atoms with E-state index >= 15 is 0 Å². The highest BCUT2D eigenvalue weighted by Crippen LogP contribution is 2.18. The summed E-state index contributed by atoms with van der Waals surface area (Å²) in [6.45, 7) is 7.53. The van der Waals surface area contributed by atoms with Crippen LogP contribution in [0.2, 0.25) is 0 Å². The zero-order valence-electron chi connectivity index (χ0n) is 15.6. The molecule has 5 heteroatoms. The van der Waals surface area contributed by atoms with Crippen molar-refractivity contribution in [3.05, 3.63) is 65.2 Å². The Bertz CT molecular complexity index is 786. The monoisotopic (exact) mass is 354 g/mol. The minimum absolute atomic E-state index is 0.0693. The van der Waals surface area contributed by atoms with Crippen LogP contribution in [-0.4, -0.2) is 23.0 Å². The fourth-order valence-electron chi connectivity index (χ4n) is 2.73. The Balaban J connectivity index is 2.08. The average Bonchev–Trinajstić information content (AvgIpc) is 2.59. The van der Waals surface area contributed by atoms with E-state index in [4.69, 9.17) is 0 Å². The lowest BCUT2D eigenvalue weighted by molar-refractivity contribution is -0.124. The fraction of sp³-hybridized carbons (Fsp3) is 0.333. The Morgan fingerprint density at radius 2 is 1.65 bits per heavy atom. The van der Waals surface area contributed by atoms with Crippen LogP contribution >= 0.6 is 0 Å².